The number of nitrogens with zero attached hydrogens (tertiary/aromatic N) is 3. The van der Waals surface area contributed by atoms with Crippen LogP contribution in [0, 0.1) is 5.82 Å². The third kappa shape index (κ3) is 4.22. The minimum absolute atomic E-state index is 0.0977. The van der Waals surface area contributed by atoms with Gasteiger partial charge in [0.05, 0.1) is 12.0 Å². The van der Waals surface area contributed by atoms with Crippen molar-refractivity contribution in [2.45, 2.75) is 39.2 Å². The Kier molecular flexibility index (Phi) is 5.64. The Bertz CT molecular complexity index is 922. The Morgan fingerprint density at radius 3 is 2.52 bits per heavy atom. The molecular formula is C21H22FN3O2. The number of hydrogen-bond donors (Lipinski definition) is 0. The summed E-state index contributed by atoms with van der Waals surface area (Å²) in [7, 11) is 0. The van der Waals surface area contributed by atoms with Crippen LogP contribution in [0.2, 0.25) is 0 Å². The predicted molar refractivity (Wildman–Crippen MR) is 101 cm³/mol. The number of benzene rings is 2. The van der Waals surface area contributed by atoms with E-state index < -0.39 is 5.82 Å². The monoisotopic (exact) mass is 367 g/mol. The molecule has 0 fully saturated rings. The number of ether oxygens (including phenoxy) is 1. The standard InChI is InChI=1S/C21H22FN3O2/c1-4-18(15-9-6-5-7-10-15)20(26)25-19(16-11-8-12-17(22)13-16)23-21(24-25)27-14(2)3/h5-14,18H,4H2,1-3H3. The molecule has 2 aromatic carbocycles. The van der Waals surface area contributed by atoms with Crippen molar-refractivity contribution < 1.29 is 13.9 Å². The van der Waals surface area contributed by atoms with E-state index in [0.717, 1.165) is 5.56 Å². The third-order valence-corrected chi connectivity index (χ3v) is 4.13. The number of halogens is 1. The lowest BCUT2D eigenvalue weighted by molar-refractivity contribution is 0.0857. The van der Waals surface area contributed by atoms with Gasteiger partial charge in [0.25, 0.3) is 5.91 Å². The molecule has 0 spiro atoms. The van der Waals surface area contributed by atoms with Crippen molar-refractivity contribution >= 4 is 5.91 Å². The van der Waals surface area contributed by atoms with E-state index in [1.165, 1.54) is 16.8 Å². The minimum atomic E-state index is -0.407. The van der Waals surface area contributed by atoms with Crippen LogP contribution in [-0.2, 0) is 0 Å². The molecule has 0 bridgehead atoms. The van der Waals surface area contributed by atoms with Gasteiger partial charge in [-0.05, 0) is 38.0 Å². The van der Waals surface area contributed by atoms with Gasteiger partial charge in [-0.3, -0.25) is 4.79 Å². The molecule has 0 aliphatic rings. The Labute approximate surface area is 157 Å². The molecule has 1 atom stereocenters. The van der Waals surface area contributed by atoms with Crippen LogP contribution in [-0.4, -0.2) is 26.8 Å². The molecule has 1 unspecified atom stereocenters. The van der Waals surface area contributed by atoms with Gasteiger partial charge in [0.1, 0.15) is 5.82 Å². The van der Waals surface area contributed by atoms with Crippen molar-refractivity contribution in [3.8, 4) is 17.4 Å². The third-order valence-electron chi connectivity index (χ3n) is 4.13. The van der Waals surface area contributed by atoms with Crippen LogP contribution in [0.3, 0.4) is 0 Å². The lowest BCUT2D eigenvalue weighted by Gasteiger charge is -2.15. The molecule has 0 N–H and O–H groups in total. The molecule has 0 aliphatic heterocycles. The Hall–Kier alpha value is -3.02. The van der Waals surface area contributed by atoms with E-state index in [9.17, 15) is 9.18 Å². The van der Waals surface area contributed by atoms with Crippen molar-refractivity contribution in [3.63, 3.8) is 0 Å². The van der Waals surface area contributed by atoms with Crippen LogP contribution in [0.15, 0.2) is 54.6 Å². The fourth-order valence-corrected chi connectivity index (χ4v) is 2.91. The van der Waals surface area contributed by atoms with Gasteiger partial charge in [0, 0.05) is 5.56 Å². The first kappa shape index (κ1) is 18.8. The van der Waals surface area contributed by atoms with Gasteiger partial charge in [0.15, 0.2) is 5.82 Å². The van der Waals surface area contributed by atoms with Crippen LogP contribution >= 0.6 is 0 Å². The molecule has 3 rings (SSSR count). The second kappa shape index (κ2) is 8.12. The second-order valence-electron chi connectivity index (χ2n) is 6.52. The van der Waals surface area contributed by atoms with Crippen molar-refractivity contribution in [1.82, 2.24) is 14.8 Å². The minimum Gasteiger partial charge on any atom is -0.460 e. The first-order chi connectivity index (χ1) is 13.0. The quantitative estimate of drug-likeness (QED) is 0.633. The molecule has 3 aromatic rings. The van der Waals surface area contributed by atoms with Crippen LogP contribution < -0.4 is 4.74 Å². The van der Waals surface area contributed by atoms with Crippen molar-refractivity contribution in [3.05, 3.63) is 66.0 Å². The summed E-state index contributed by atoms with van der Waals surface area (Å²) in [6.07, 6.45) is 0.457. The molecule has 5 nitrogen and oxygen atoms in total. The van der Waals surface area contributed by atoms with Gasteiger partial charge < -0.3 is 4.74 Å². The van der Waals surface area contributed by atoms with Gasteiger partial charge in [-0.25, -0.2) is 4.39 Å². The second-order valence-corrected chi connectivity index (χ2v) is 6.52. The molecule has 6 heteroatoms. The Morgan fingerprint density at radius 1 is 1.15 bits per heavy atom. The predicted octanol–water partition coefficient (Wildman–Crippen LogP) is 4.71. The number of carbonyl (C=O) groups is 1. The van der Waals surface area contributed by atoms with E-state index in [0.29, 0.717) is 12.0 Å². The summed E-state index contributed by atoms with van der Waals surface area (Å²) < 4.78 is 20.5. The lowest BCUT2D eigenvalue weighted by Crippen LogP contribution is -2.22. The summed E-state index contributed by atoms with van der Waals surface area (Å²) in [6.45, 7) is 5.65. The highest BCUT2D eigenvalue weighted by atomic mass is 19.1. The maximum atomic E-state index is 13.7. The molecule has 0 aliphatic carbocycles. The summed E-state index contributed by atoms with van der Waals surface area (Å²) >= 11 is 0. The molecule has 0 saturated carbocycles. The van der Waals surface area contributed by atoms with Gasteiger partial charge in [0.2, 0.25) is 0 Å². The van der Waals surface area contributed by atoms with E-state index in [-0.39, 0.29) is 29.8 Å². The van der Waals surface area contributed by atoms with Crippen LogP contribution in [0.1, 0.15) is 43.5 Å². The lowest BCUT2D eigenvalue weighted by atomic mass is 9.95. The Morgan fingerprint density at radius 2 is 1.89 bits per heavy atom. The number of hydrogen-bond acceptors (Lipinski definition) is 4. The zero-order valence-electron chi connectivity index (χ0n) is 15.6. The molecule has 0 radical (unpaired) electrons. The van der Waals surface area contributed by atoms with Gasteiger partial charge >= 0.3 is 6.01 Å². The molecule has 1 heterocycles. The maximum Gasteiger partial charge on any atom is 0.336 e. The molecular weight excluding hydrogens is 345 g/mol. The molecule has 0 saturated heterocycles. The SMILES string of the molecule is CCC(C(=O)n1nc(OC(C)C)nc1-c1cccc(F)c1)c1ccccc1. The first-order valence-corrected chi connectivity index (χ1v) is 8.98. The summed E-state index contributed by atoms with van der Waals surface area (Å²) in [5, 5.41) is 4.26. The van der Waals surface area contributed by atoms with Crippen LogP contribution in [0.4, 0.5) is 4.39 Å². The van der Waals surface area contributed by atoms with Gasteiger partial charge in [-0.15, -0.1) is 5.10 Å². The fraction of sp³-hybridized carbons (Fsp3) is 0.286. The average molecular weight is 367 g/mol. The molecule has 0 amide bonds. The van der Waals surface area contributed by atoms with E-state index in [1.54, 1.807) is 12.1 Å². The highest BCUT2D eigenvalue weighted by molar-refractivity contribution is 5.88. The van der Waals surface area contributed by atoms with Crippen LogP contribution in [0.25, 0.3) is 11.4 Å². The van der Waals surface area contributed by atoms with E-state index >= 15 is 0 Å². The summed E-state index contributed by atoms with van der Waals surface area (Å²) in [4.78, 5) is 17.6. The van der Waals surface area contributed by atoms with E-state index in [1.807, 2.05) is 51.1 Å². The van der Waals surface area contributed by atoms with Crippen molar-refractivity contribution in [2.75, 3.05) is 0 Å². The number of carbonyl (C=O) groups excluding carboxylic acids is 1. The summed E-state index contributed by atoms with van der Waals surface area (Å²) in [5.41, 5.74) is 1.37. The van der Waals surface area contributed by atoms with Gasteiger partial charge in [-0.2, -0.15) is 9.67 Å². The largest absolute Gasteiger partial charge is 0.460 e. The average Bonchev–Trinajstić information content (AvgIpc) is 3.06. The van der Waals surface area contributed by atoms with E-state index in [2.05, 4.69) is 10.1 Å². The highest BCUT2D eigenvalue weighted by Gasteiger charge is 2.26. The summed E-state index contributed by atoms with van der Waals surface area (Å²) in [5.74, 6) is -0.748. The first-order valence-electron chi connectivity index (χ1n) is 8.98. The highest BCUT2D eigenvalue weighted by Crippen LogP contribution is 2.26. The number of aromatic nitrogens is 3. The van der Waals surface area contributed by atoms with Crippen LogP contribution in [0.5, 0.6) is 6.01 Å². The van der Waals surface area contributed by atoms with Crippen molar-refractivity contribution in [2.24, 2.45) is 0 Å². The van der Waals surface area contributed by atoms with Gasteiger partial charge in [-0.1, -0.05) is 49.4 Å². The molecule has 140 valence electrons. The zero-order chi connectivity index (χ0) is 19.4. The normalized spacial score (nSPS) is 12.2. The topological polar surface area (TPSA) is 57.0 Å². The maximum absolute atomic E-state index is 13.7. The number of rotatable bonds is 6. The zero-order valence-corrected chi connectivity index (χ0v) is 15.6. The molecule has 27 heavy (non-hydrogen) atoms. The molecule has 1 aromatic heterocycles. The van der Waals surface area contributed by atoms with E-state index in [4.69, 9.17) is 4.74 Å². The van der Waals surface area contributed by atoms with Crippen molar-refractivity contribution in [1.29, 1.82) is 0 Å². The smallest absolute Gasteiger partial charge is 0.336 e. The summed E-state index contributed by atoms with van der Waals surface area (Å²) in [6, 6.07) is 15.6. The fourth-order valence-electron chi connectivity index (χ4n) is 2.91. The Balaban J connectivity index is 2.07.